The molecule has 2 aliphatic heterocycles. The first-order chi connectivity index (χ1) is 17.3. The molecule has 0 atom stereocenters. The van der Waals surface area contributed by atoms with Gasteiger partial charge in [0.25, 0.3) is 0 Å². The molecule has 1 saturated heterocycles. The maximum atomic E-state index is 13.4. The van der Waals surface area contributed by atoms with E-state index < -0.39 is 11.7 Å². The average molecular weight is 494 g/mol. The fraction of sp³-hybridized carbons (Fsp3) is 0.346. The highest BCUT2D eigenvalue weighted by atomic mass is 19.3. The molecule has 1 amide bonds. The molecule has 2 aromatic heterocycles. The zero-order chi connectivity index (χ0) is 24.9. The summed E-state index contributed by atoms with van der Waals surface area (Å²) in [5.41, 5.74) is 2.16. The number of nitrogens with zero attached hydrogens (tertiary/aromatic N) is 3. The summed E-state index contributed by atoms with van der Waals surface area (Å²) < 4.78 is 35.9. The van der Waals surface area contributed by atoms with Gasteiger partial charge in [0.2, 0.25) is 5.91 Å². The van der Waals surface area contributed by atoms with Crippen LogP contribution in [0.4, 0.5) is 20.4 Å². The molecule has 3 aromatic rings. The Morgan fingerprint density at radius 2 is 1.81 bits per heavy atom. The molecule has 6 rings (SSSR count). The molecule has 0 spiro atoms. The number of ether oxygens (including phenoxy) is 2. The molecule has 1 aromatic carbocycles. The maximum absolute atomic E-state index is 13.4. The fourth-order valence-electron chi connectivity index (χ4n) is 4.74. The third kappa shape index (κ3) is 4.11. The Bertz CT molecular complexity index is 1340. The van der Waals surface area contributed by atoms with Crippen LogP contribution in [0.3, 0.4) is 0 Å². The van der Waals surface area contributed by atoms with Gasteiger partial charge in [0.05, 0.1) is 16.8 Å². The number of aromatic nitrogens is 2. The molecule has 0 unspecified atom stereocenters. The SMILES string of the molecule is Cc1ccc(NC(=O)C2(c3ccc4c(c3)OC(F)(F)O4)CC2)nc1-c1cccc(N2CCNCC2)n1. The molecule has 2 N–H and O–H groups in total. The highest BCUT2D eigenvalue weighted by Crippen LogP contribution is 2.52. The standard InChI is InChI=1S/C26H25F2N5O3/c1-16-5-8-21(31-23(16)18-3-2-4-22(30-18)33-13-11-29-12-14-33)32-24(34)25(9-10-25)17-6-7-19-20(15-17)36-26(27,28)35-19/h2-8,15,29H,9-14H2,1H3,(H,31,32,34). The number of hydrogen-bond acceptors (Lipinski definition) is 7. The molecule has 36 heavy (non-hydrogen) atoms. The van der Waals surface area contributed by atoms with Crippen LogP contribution in [0.25, 0.3) is 11.4 Å². The van der Waals surface area contributed by atoms with Crippen molar-refractivity contribution < 1.29 is 23.0 Å². The molecule has 0 radical (unpaired) electrons. The minimum absolute atomic E-state index is 0.0413. The van der Waals surface area contributed by atoms with E-state index in [2.05, 4.69) is 25.0 Å². The predicted molar refractivity (Wildman–Crippen MR) is 129 cm³/mol. The Morgan fingerprint density at radius 1 is 1.03 bits per heavy atom. The molecule has 8 nitrogen and oxygen atoms in total. The highest BCUT2D eigenvalue weighted by Gasteiger charge is 2.53. The van der Waals surface area contributed by atoms with Crippen molar-refractivity contribution >= 4 is 17.5 Å². The number of anilines is 2. The fourth-order valence-corrected chi connectivity index (χ4v) is 4.74. The summed E-state index contributed by atoms with van der Waals surface area (Å²) >= 11 is 0. The molecule has 3 aliphatic rings. The summed E-state index contributed by atoms with van der Waals surface area (Å²) in [4.78, 5) is 25.1. The van der Waals surface area contributed by atoms with E-state index in [-0.39, 0.29) is 17.4 Å². The van der Waals surface area contributed by atoms with Gasteiger partial charge in [-0.25, -0.2) is 9.97 Å². The lowest BCUT2D eigenvalue weighted by Crippen LogP contribution is -2.43. The van der Waals surface area contributed by atoms with Gasteiger partial charge >= 0.3 is 6.29 Å². The van der Waals surface area contributed by atoms with Crippen molar-refractivity contribution in [2.75, 3.05) is 36.4 Å². The number of alkyl halides is 2. The Hall–Kier alpha value is -3.79. The van der Waals surface area contributed by atoms with Crippen LogP contribution in [0.1, 0.15) is 24.0 Å². The van der Waals surface area contributed by atoms with E-state index in [9.17, 15) is 13.6 Å². The van der Waals surface area contributed by atoms with Gasteiger partial charge in [-0.15, -0.1) is 8.78 Å². The maximum Gasteiger partial charge on any atom is 0.586 e. The number of rotatable bonds is 5. The van der Waals surface area contributed by atoms with Crippen molar-refractivity contribution in [1.29, 1.82) is 0 Å². The number of benzene rings is 1. The Balaban J connectivity index is 1.23. The monoisotopic (exact) mass is 493 g/mol. The van der Waals surface area contributed by atoms with Gasteiger partial charge in [0, 0.05) is 26.2 Å². The average Bonchev–Trinajstić information content (AvgIpc) is 3.63. The molecule has 1 aliphatic carbocycles. The second-order valence-corrected chi connectivity index (χ2v) is 9.35. The third-order valence-corrected chi connectivity index (χ3v) is 6.90. The number of fused-ring (bicyclic) bond motifs is 1. The number of amides is 1. The number of carbonyl (C=O) groups excluding carboxylic acids is 1. The minimum Gasteiger partial charge on any atom is -0.395 e. The lowest BCUT2D eigenvalue weighted by atomic mass is 9.94. The van der Waals surface area contributed by atoms with Crippen LogP contribution in [-0.4, -0.2) is 48.3 Å². The molecule has 10 heteroatoms. The molecule has 4 heterocycles. The van der Waals surface area contributed by atoms with Crippen molar-refractivity contribution in [1.82, 2.24) is 15.3 Å². The second-order valence-electron chi connectivity index (χ2n) is 9.35. The minimum atomic E-state index is -3.70. The number of hydrogen-bond donors (Lipinski definition) is 2. The van der Waals surface area contributed by atoms with Crippen LogP contribution >= 0.6 is 0 Å². The van der Waals surface area contributed by atoms with Crippen LogP contribution in [0, 0.1) is 6.92 Å². The van der Waals surface area contributed by atoms with E-state index in [4.69, 9.17) is 9.97 Å². The van der Waals surface area contributed by atoms with Crippen LogP contribution in [0.2, 0.25) is 0 Å². The quantitative estimate of drug-likeness (QED) is 0.558. The van der Waals surface area contributed by atoms with Crippen molar-refractivity contribution in [2.24, 2.45) is 0 Å². The number of nitrogens with one attached hydrogen (secondary N) is 2. The number of aryl methyl sites for hydroxylation is 1. The van der Waals surface area contributed by atoms with E-state index in [1.165, 1.54) is 12.1 Å². The van der Waals surface area contributed by atoms with Gasteiger partial charge in [0.1, 0.15) is 11.6 Å². The lowest BCUT2D eigenvalue weighted by Gasteiger charge is -2.28. The van der Waals surface area contributed by atoms with Gasteiger partial charge < -0.3 is 25.0 Å². The number of carbonyl (C=O) groups is 1. The largest absolute Gasteiger partial charge is 0.586 e. The van der Waals surface area contributed by atoms with Gasteiger partial charge in [-0.1, -0.05) is 18.2 Å². The van der Waals surface area contributed by atoms with Crippen LogP contribution in [-0.2, 0) is 10.2 Å². The first-order valence-electron chi connectivity index (χ1n) is 12.0. The van der Waals surface area contributed by atoms with E-state index in [0.29, 0.717) is 29.9 Å². The van der Waals surface area contributed by atoms with Crippen molar-refractivity contribution in [3.8, 4) is 22.9 Å². The highest BCUT2D eigenvalue weighted by molar-refractivity contribution is 6.01. The molecule has 186 valence electrons. The number of pyridine rings is 2. The van der Waals surface area contributed by atoms with E-state index in [0.717, 1.165) is 43.3 Å². The molecule has 0 bridgehead atoms. The van der Waals surface area contributed by atoms with Crippen LogP contribution in [0.5, 0.6) is 11.5 Å². The van der Waals surface area contributed by atoms with Gasteiger partial charge in [-0.05, 0) is 61.2 Å². The van der Waals surface area contributed by atoms with Gasteiger partial charge in [0.15, 0.2) is 11.5 Å². The molecular formula is C26H25F2N5O3. The Morgan fingerprint density at radius 3 is 2.58 bits per heavy atom. The topological polar surface area (TPSA) is 88.6 Å². The summed E-state index contributed by atoms with van der Waals surface area (Å²) in [7, 11) is 0. The zero-order valence-electron chi connectivity index (χ0n) is 19.7. The van der Waals surface area contributed by atoms with Crippen molar-refractivity contribution in [3.63, 3.8) is 0 Å². The third-order valence-electron chi connectivity index (χ3n) is 6.90. The van der Waals surface area contributed by atoms with Crippen molar-refractivity contribution in [2.45, 2.75) is 31.5 Å². The van der Waals surface area contributed by atoms with Crippen LogP contribution in [0.15, 0.2) is 48.5 Å². The van der Waals surface area contributed by atoms with Crippen molar-refractivity contribution in [3.05, 3.63) is 59.7 Å². The number of piperazine rings is 1. The summed E-state index contributed by atoms with van der Waals surface area (Å²) in [5, 5.41) is 6.27. The smallest absolute Gasteiger partial charge is 0.395 e. The summed E-state index contributed by atoms with van der Waals surface area (Å²) in [6.45, 7) is 5.56. The lowest BCUT2D eigenvalue weighted by molar-refractivity contribution is -0.286. The van der Waals surface area contributed by atoms with E-state index >= 15 is 0 Å². The first kappa shape index (κ1) is 22.7. The van der Waals surface area contributed by atoms with E-state index in [1.807, 2.05) is 31.2 Å². The summed E-state index contributed by atoms with van der Waals surface area (Å²) in [6, 6.07) is 14.0. The normalized spacial score (nSPS) is 19.1. The summed E-state index contributed by atoms with van der Waals surface area (Å²) in [5.74, 6) is 0.963. The summed E-state index contributed by atoms with van der Waals surface area (Å²) in [6.07, 6.45) is -2.50. The molecule has 2 fully saturated rings. The number of halogens is 2. The Kier molecular flexibility index (Phi) is 5.29. The molecular weight excluding hydrogens is 468 g/mol. The predicted octanol–water partition coefficient (Wildman–Crippen LogP) is 3.85. The van der Waals surface area contributed by atoms with Crippen LogP contribution < -0.4 is 25.0 Å². The second kappa shape index (κ2) is 8.41. The Labute approximate surface area is 206 Å². The van der Waals surface area contributed by atoms with Gasteiger partial charge in [-0.2, -0.15) is 0 Å². The first-order valence-corrected chi connectivity index (χ1v) is 12.0. The van der Waals surface area contributed by atoms with Gasteiger partial charge in [-0.3, -0.25) is 4.79 Å². The van der Waals surface area contributed by atoms with E-state index in [1.54, 1.807) is 12.1 Å². The molecule has 1 saturated carbocycles. The zero-order valence-corrected chi connectivity index (χ0v) is 19.7.